The predicted octanol–water partition coefficient (Wildman–Crippen LogP) is 2.22. The van der Waals surface area contributed by atoms with Crippen LogP contribution in [0.15, 0.2) is 6.07 Å². The smallest absolute Gasteiger partial charge is 0.126 e. The fourth-order valence-corrected chi connectivity index (χ4v) is 2.03. The summed E-state index contributed by atoms with van der Waals surface area (Å²) in [6, 6.07) is 1.80. The van der Waals surface area contributed by atoms with Crippen molar-refractivity contribution in [3.05, 3.63) is 27.8 Å². The summed E-state index contributed by atoms with van der Waals surface area (Å²) in [4.78, 5) is 0. The average molecular weight is 244 g/mol. The van der Waals surface area contributed by atoms with Crippen LogP contribution in [0.1, 0.15) is 22.8 Å². The number of halogens is 1. The molecule has 0 bridgehead atoms. The number of benzene rings is 1. The number of rotatable bonds is 4. The Morgan fingerprint density at radius 1 is 1.44 bits per heavy atom. The van der Waals surface area contributed by atoms with Crippen LogP contribution >= 0.6 is 11.6 Å². The molecule has 4 heteroatoms. The standard InChI is InChI=1S/C12H18ClNO2/c1-7-9(11(15)6-14-3)5-10(13)8(2)12(7)16-4/h5,11,14-15H,6H2,1-4H3. The highest BCUT2D eigenvalue weighted by Crippen LogP contribution is 2.34. The molecule has 90 valence electrons. The summed E-state index contributed by atoms with van der Waals surface area (Å²) in [5, 5.41) is 13.5. The molecule has 0 radical (unpaired) electrons. The van der Waals surface area contributed by atoms with Crippen LogP contribution in [0.25, 0.3) is 0 Å². The molecule has 1 rings (SSSR count). The minimum Gasteiger partial charge on any atom is -0.496 e. The zero-order valence-corrected chi connectivity index (χ0v) is 10.9. The summed E-state index contributed by atoms with van der Waals surface area (Å²) < 4.78 is 5.31. The van der Waals surface area contributed by atoms with Gasteiger partial charge < -0.3 is 15.2 Å². The topological polar surface area (TPSA) is 41.5 Å². The highest BCUT2D eigenvalue weighted by molar-refractivity contribution is 6.31. The van der Waals surface area contributed by atoms with Crippen molar-refractivity contribution in [1.29, 1.82) is 0 Å². The number of aliphatic hydroxyl groups excluding tert-OH is 1. The van der Waals surface area contributed by atoms with Crippen LogP contribution in [-0.4, -0.2) is 25.8 Å². The van der Waals surface area contributed by atoms with E-state index >= 15 is 0 Å². The minimum absolute atomic E-state index is 0.489. The minimum atomic E-state index is -0.572. The Hall–Kier alpha value is -0.770. The molecule has 2 N–H and O–H groups in total. The van der Waals surface area contributed by atoms with Crippen LogP contribution in [-0.2, 0) is 0 Å². The lowest BCUT2D eigenvalue weighted by molar-refractivity contribution is 0.176. The van der Waals surface area contributed by atoms with Crippen LogP contribution in [0.5, 0.6) is 5.75 Å². The van der Waals surface area contributed by atoms with E-state index < -0.39 is 6.10 Å². The first-order valence-corrected chi connectivity index (χ1v) is 5.57. The van der Waals surface area contributed by atoms with E-state index in [1.54, 1.807) is 20.2 Å². The molecule has 0 saturated heterocycles. The molecule has 0 aliphatic heterocycles. The Labute approximate surface area is 101 Å². The van der Waals surface area contributed by atoms with Gasteiger partial charge in [-0.2, -0.15) is 0 Å². The molecule has 0 aromatic heterocycles. The first-order chi connectivity index (χ1) is 7.52. The summed E-state index contributed by atoms with van der Waals surface area (Å²) in [6.07, 6.45) is -0.572. The average Bonchev–Trinajstić information content (AvgIpc) is 2.24. The van der Waals surface area contributed by atoms with Crippen LogP contribution in [0.4, 0.5) is 0 Å². The second kappa shape index (κ2) is 5.53. The largest absolute Gasteiger partial charge is 0.496 e. The number of aliphatic hydroxyl groups is 1. The van der Waals surface area contributed by atoms with Gasteiger partial charge in [-0.15, -0.1) is 0 Å². The quantitative estimate of drug-likeness (QED) is 0.852. The number of hydrogen-bond acceptors (Lipinski definition) is 3. The second-order valence-electron chi connectivity index (χ2n) is 3.80. The van der Waals surface area contributed by atoms with Gasteiger partial charge in [0.2, 0.25) is 0 Å². The second-order valence-corrected chi connectivity index (χ2v) is 4.21. The Morgan fingerprint density at radius 3 is 2.56 bits per heavy atom. The Morgan fingerprint density at radius 2 is 2.06 bits per heavy atom. The van der Waals surface area contributed by atoms with Gasteiger partial charge in [0.05, 0.1) is 13.2 Å². The molecule has 0 heterocycles. The van der Waals surface area contributed by atoms with E-state index in [4.69, 9.17) is 16.3 Å². The first kappa shape index (κ1) is 13.3. The van der Waals surface area contributed by atoms with Gasteiger partial charge in [-0.1, -0.05) is 11.6 Å². The molecular formula is C12H18ClNO2. The third-order valence-corrected chi connectivity index (χ3v) is 3.11. The number of ether oxygens (including phenoxy) is 1. The third-order valence-electron chi connectivity index (χ3n) is 2.72. The number of nitrogens with one attached hydrogen (secondary N) is 1. The molecule has 0 aliphatic rings. The van der Waals surface area contributed by atoms with Crippen molar-refractivity contribution in [2.75, 3.05) is 20.7 Å². The Kier molecular flexibility index (Phi) is 4.59. The van der Waals surface area contributed by atoms with Gasteiger partial charge in [0, 0.05) is 17.1 Å². The van der Waals surface area contributed by atoms with Gasteiger partial charge in [0.25, 0.3) is 0 Å². The van der Waals surface area contributed by atoms with Crippen molar-refractivity contribution < 1.29 is 9.84 Å². The Balaban J connectivity index is 3.25. The number of methoxy groups -OCH3 is 1. The molecule has 16 heavy (non-hydrogen) atoms. The molecule has 3 nitrogen and oxygen atoms in total. The molecule has 1 unspecified atom stereocenters. The maximum atomic E-state index is 9.96. The van der Waals surface area contributed by atoms with E-state index in [1.165, 1.54) is 0 Å². The molecule has 0 amide bonds. The maximum absolute atomic E-state index is 9.96. The molecule has 0 spiro atoms. The van der Waals surface area contributed by atoms with E-state index in [-0.39, 0.29) is 0 Å². The van der Waals surface area contributed by atoms with Crippen molar-refractivity contribution in [3.8, 4) is 5.75 Å². The van der Waals surface area contributed by atoms with Crippen molar-refractivity contribution >= 4 is 11.6 Å². The van der Waals surface area contributed by atoms with Crippen molar-refractivity contribution in [2.24, 2.45) is 0 Å². The summed E-state index contributed by atoms with van der Waals surface area (Å²) in [7, 11) is 3.41. The van der Waals surface area contributed by atoms with E-state index in [2.05, 4.69) is 5.32 Å². The zero-order chi connectivity index (χ0) is 12.3. The SMILES string of the molecule is CNCC(O)c1cc(Cl)c(C)c(OC)c1C. The lowest BCUT2D eigenvalue weighted by atomic mass is 9.99. The lowest BCUT2D eigenvalue weighted by Gasteiger charge is -2.18. The van der Waals surface area contributed by atoms with Gasteiger partial charge in [-0.05, 0) is 38.1 Å². The molecule has 0 aliphatic carbocycles. The van der Waals surface area contributed by atoms with Gasteiger partial charge in [-0.3, -0.25) is 0 Å². The van der Waals surface area contributed by atoms with Crippen molar-refractivity contribution in [2.45, 2.75) is 20.0 Å². The lowest BCUT2D eigenvalue weighted by Crippen LogP contribution is -2.17. The number of hydrogen-bond donors (Lipinski definition) is 2. The Bertz CT molecular complexity index is 380. The van der Waals surface area contributed by atoms with E-state index in [9.17, 15) is 5.11 Å². The normalized spacial score (nSPS) is 12.6. The molecule has 1 aromatic rings. The summed E-state index contributed by atoms with van der Waals surface area (Å²) in [6.45, 7) is 4.32. The molecular weight excluding hydrogens is 226 g/mol. The monoisotopic (exact) mass is 243 g/mol. The van der Waals surface area contributed by atoms with E-state index in [0.29, 0.717) is 11.6 Å². The summed E-state index contributed by atoms with van der Waals surface area (Å²) in [5.74, 6) is 0.748. The molecule has 0 saturated carbocycles. The van der Waals surface area contributed by atoms with Crippen LogP contribution in [0.2, 0.25) is 5.02 Å². The molecule has 0 fully saturated rings. The van der Waals surface area contributed by atoms with Gasteiger partial charge in [-0.25, -0.2) is 0 Å². The van der Waals surface area contributed by atoms with Gasteiger partial charge >= 0.3 is 0 Å². The van der Waals surface area contributed by atoms with Crippen molar-refractivity contribution in [1.82, 2.24) is 5.32 Å². The van der Waals surface area contributed by atoms with Crippen LogP contribution < -0.4 is 10.1 Å². The molecule has 1 aromatic carbocycles. The van der Waals surface area contributed by atoms with Gasteiger partial charge in [0.1, 0.15) is 5.75 Å². The number of likely N-dealkylation sites (N-methyl/N-ethyl adjacent to an activating group) is 1. The summed E-state index contributed by atoms with van der Waals surface area (Å²) >= 11 is 6.10. The highest BCUT2D eigenvalue weighted by Gasteiger charge is 2.17. The van der Waals surface area contributed by atoms with Crippen LogP contribution in [0, 0.1) is 13.8 Å². The van der Waals surface area contributed by atoms with Gasteiger partial charge in [0.15, 0.2) is 0 Å². The fraction of sp³-hybridized carbons (Fsp3) is 0.500. The fourth-order valence-electron chi connectivity index (χ4n) is 1.83. The predicted molar refractivity (Wildman–Crippen MR) is 66.4 cm³/mol. The molecule has 1 atom stereocenters. The van der Waals surface area contributed by atoms with E-state index in [1.807, 2.05) is 13.8 Å². The van der Waals surface area contributed by atoms with E-state index in [0.717, 1.165) is 22.4 Å². The maximum Gasteiger partial charge on any atom is 0.126 e. The highest BCUT2D eigenvalue weighted by atomic mass is 35.5. The third kappa shape index (κ3) is 2.48. The van der Waals surface area contributed by atoms with Crippen molar-refractivity contribution in [3.63, 3.8) is 0 Å². The first-order valence-electron chi connectivity index (χ1n) is 5.19. The summed E-state index contributed by atoms with van der Waals surface area (Å²) in [5.41, 5.74) is 2.65. The van der Waals surface area contributed by atoms with Crippen LogP contribution in [0.3, 0.4) is 0 Å². The zero-order valence-electron chi connectivity index (χ0n) is 10.1.